The first-order valence-corrected chi connectivity index (χ1v) is 8.39. The van der Waals surface area contributed by atoms with Crippen molar-refractivity contribution in [3.05, 3.63) is 54.4 Å². The topological polar surface area (TPSA) is 29.8 Å². The molecule has 0 spiro atoms. The first-order chi connectivity index (χ1) is 11.3. The van der Waals surface area contributed by atoms with Gasteiger partial charge in [0.15, 0.2) is 0 Å². The maximum atomic E-state index is 5.27. The standard InChI is InChI=1S/C19H27N3O.ClH/c1-4-21(5-2)14-15-22(16-17-8-6-7-13-20-17)18-9-11-19(23-3)12-10-18;/h6-13H,4-5,14-16H2,1-3H3;1H. The smallest absolute Gasteiger partial charge is 0.119 e. The van der Waals surface area contributed by atoms with Crippen molar-refractivity contribution >= 4 is 5.69 Å². The molecule has 1 N–H and O–H groups in total. The van der Waals surface area contributed by atoms with Crippen molar-refractivity contribution in [3.63, 3.8) is 0 Å². The molecule has 1 aromatic carbocycles. The summed E-state index contributed by atoms with van der Waals surface area (Å²) < 4.78 is 5.27. The lowest BCUT2D eigenvalue weighted by molar-refractivity contribution is -0.894. The molecule has 24 heavy (non-hydrogen) atoms. The van der Waals surface area contributed by atoms with Gasteiger partial charge in [-0.2, -0.15) is 0 Å². The molecule has 0 aliphatic heterocycles. The number of ether oxygens (including phenoxy) is 1. The Labute approximate surface area is 151 Å². The predicted molar refractivity (Wildman–Crippen MR) is 95.2 cm³/mol. The van der Waals surface area contributed by atoms with Gasteiger partial charge in [-0.1, -0.05) is 6.07 Å². The lowest BCUT2D eigenvalue weighted by atomic mass is 10.2. The van der Waals surface area contributed by atoms with Gasteiger partial charge in [0, 0.05) is 11.9 Å². The zero-order chi connectivity index (χ0) is 16.5. The molecule has 5 heteroatoms. The highest BCUT2D eigenvalue weighted by molar-refractivity contribution is 5.49. The summed E-state index contributed by atoms with van der Waals surface area (Å²) in [6.07, 6.45) is 1.86. The van der Waals surface area contributed by atoms with E-state index in [0.717, 1.165) is 44.2 Å². The number of nitrogens with zero attached hydrogens (tertiary/aromatic N) is 2. The fourth-order valence-corrected chi connectivity index (χ4v) is 2.68. The normalized spacial score (nSPS) is 10.3. The second-order valence-corrected chi connectivity index (χ2v) is 5.65. The third kappa shape index (κ3) is 6.02. The fraction of sp³-hybridized carbons (Fsp3) is 0.421. The maximum Gasteiger partial charge on any atom is 0.119 e. The van der Waals surface area contributed by atoms with E-state index in [1.54, 1.807) is 12.0 Å². The monoisotopic (exact) mass is 349 g/mol. The number of methoxy groups -OCH3 is 1. The number of rotatable bonds is 9. The summed E-state index contributed by atoms with van der Waals surface area (Å²) in [6.45, 7) is 9.79. The SMILES string of the molecule is CC[NH+](CC)CCN(Cc1ccccn1)c1ccc(OC)cc1.[Cl-]. The molecule has 0 saturated heterocycles. The third-order valence-electron chi connectivity index (χ3n) is 4.25. The predicted octanol–water partition coefficient (Wildman–Crippen LogP) is -0.974. The summed E-state index contributed by atoms with van der Waals surface area (Å²) in [6, 6.07) is 14.4. The summed E-state index contributed by atoms with van der Waals surface area (Å²) in [4.78, 5) is 8.48. The van der Waals surface area contributed by atoms with E-state index in [-0.39, 0.29) is 12.4 Å². The minimum absolute atomic E-state index is 0. The molecule has 0 amide bonds. The number of benzene rings is 1. The zero-order valence-corrected chi connectivity index (χ0v) is 15.6. The number of nitrogens with one attached hydrogen (secondary N) is 1. The molecule has 4 nitrogen and oxygen atoms in total. The van der Waals surface area contributed by atoms with Crippen molar-refractivity contribution < 1.29 is 22.0 Å². The van der Waals surface area contributed by atoms with Crippen molar-refractivity contribution in [1.29, 1.82) is 0 Å². The van der Waals surface area contributed by atoms with E-state index >= 15 is 0 Å². The molecule has 0 atom stereocenters. The van der Waals surface area contributed by atoms with Crippen LogP contribution in [0.15, 0.2) is 48.7 Å². The number of halogens is 1. The van der Waals surface area contributed by atoms with Crippen LogP contribution in [0.25, 0.3) is 0 Å². The molecule has 2 aromatic rings. The molecule has 1 heterocycles. The molecule has 0 fully saturated rings. The highest BCUT2D eigenvalue weighted by atomic mass is 35.5. The zero-order valence-electron chi connectivity index (χ0n) is 14.8. The van der Waals surface area contributed by atoms with Crippen LogP contribution in [0.5, 0.6) is 5.75 Å². The Morgan fingerprint density at radius 2 is 1.75 bits per heavy atom. The van der Waals surface area contributed by atoms with Gasteiger partial charge in [0.05, 0.1) is 45.5 Å². The van der Waals surface area contributed by atoms with Crippen molar-refractivity contribution in [3.8, 4) is 5.75 Å². The van der Waals surface area contributed by atoms with Crippen LogP contribution in [0, 0.1) is 0 Å². The van der Waals surface area contributed by atoms with Gasteiger partial charge in [-0.25, -0.2) is 0 Å². The molecular formula is C19H28ClN3O. The number of quaternary nitrogens is 1. The molecular weight excluding hydrogens is 322 g/mol. The summed E-state index contributed by atoms with van der Waals surface area (Å²) >= 11 is 0. The molecule has 132 valence electrons. The average molecular weight is 350 g/mol. The van der Waals surface area contributed by atoms with Gasteiger partial charge in [0.25, 0.3) is 0 Å². The van der Waals surface area contributed by atoms with E-state index in [9.17, 15) is 0 Å². The quantitative estimate of drug-likeness (QED) is 0.631. The van der Waals surface area contributed by atoms with E-state index in [0.29, 0.717) is 0 Å². The molecule has 0 aliphatic carbocycles. The van der Waals surface area contributed by atoms with Gasteiger partial charge in [-0.15, -0.1) is 0 Å². The van der Waals surface area contributed by atoms with Crippen molar-refractivity contribution in [1.82, 2.24) is 4.98 Å². The number of likely N-dealkylation sites (N-methyl/N-ethyl adjacent to an activating group) is 1. The van der Waals surface area contributed by atoms with Crippen LogP contribution >= 0.6 is 0 Å². The number of hydrogen-bond donors (Lipinski definition) is 1. The van der Waals surface area contributed by atoms with E-state index in [4.69, 9.17) is 4.74 Å². The van der Waals surface area contributed by atoms with Gasteiger partial charge >= 0.3 is 0 Å². The summed E-state index contributed by atoms with van der Waals surface area (Å²) in [5.41, 5.74) is 2.31. The van der Waals surface area contributed by atoms with Gasteiger partial charge in [0.2, 0.25) is 0 Å². The molecule has 0 radical (unpaired) electrons. The van der Waals surface area contributed by atoms with Crippen LogP contribution < -0.4 is 26.9 Å². The van der Waals surface area contributed by atoms with Crippen molar-refractivity contribution in [2.24, 2.45) is 0 Å². The summed E-state index contributed by atoms with van der Waals surface area (Å²) in [7, 11) is 1.70. The van der Waals surface area contributed by atoms with Crippen LogP contribution in [0.2, 0.25) is 0 Å². The summed E-state index contributed by atoms with van der Waals surface area (Å²) in [5, 5.41) is 0. The van der Waals surface area contributed by atoms with Gasteiger partial charge in [-0.3, -0.25) is 4.98 Å². The van der Waals surface area contributed by atoms with Gasteiger partial charge in [0.1, 0.15) is 5.75 Å². The fourth-order valence-electron chi connectivity index (χ4n) is 2.68. The molecule has 1 aromatic heterocycles. The second-order valence-electron chi connectivity index (χ2n) is 5.65. The van der Waals surface area contributed by atoms with Crippen LogP contribution in [-0.4, -0.2) is 38.3 Å². The number of pyridine rings is 1. The number of hydrogen-bond acceptors (Lipinski definition) is 3. The van der Waals surface area contributed by atoms with Gasteiger partial charge < -0.3 is 26.9 Å². The maximum absolute atomic E-state index is 5.27. The number of aromatic nitrogens is 1. The van der Waals surface area contributed by atoms with E-state index < -0.39 is 0 Å². The lowest BCUT2D eigenvalue weighted by Crippen LogP contribution is -3.12. The Kier molecular flexibility index (Phi) is 9.20. The number of anilines is 1. The van der Waals surface area contributed by atoms with Crippen molar-refractivity contribution in [2.75, 3.05) is 38.2 Å². The van der Waals surface area contributed by atoms with Crippen LogP contribution in [-0.2, 0) is 6.54 Å². The molecule has 0 bridgehead atoms. The van der Waals surface area contributed by atoms with Crippen molar-refractivity contribution in [2.45, 2.75) is 20.4 Å². The largest absolute Gasteiger partial charge is 1.00 e. The Morgan fingerprint density at radius 1 is 1.04 bits per heavy atom. The summed E-state index contributed by atoms with van der Waals surface area (Å²) in [5.74, 6) is 0.890. The van der Waals surface area contributed by atoms with E-state index in [1.165, 1.54) is 5.69 Å². The Morgan fingerprint density at radius 3 is 2.29 bits per heavy atom. The second kappa shape index (κ2) is 10.9. The molecule has 0 aliphatic rings. The van der Waals surface area contributed by atoms with Crippen LogP contribution in [0.4, 0.5) is 5.69 Å². The van der Waals surface area contributed by atoms with Gasteiger partial charge in [-0.05, 0) is 50.2 Å². The Balaban J connectivity index is 0.00000288. The van der Waals surface area contributed by atoms with Crippen LogP contribution in [0.3, 0.4) is 0 Å². The minimum Gasteiger partial charge on any atom is -1.00 e. The molecule has 0 saturated carbocycles. The van der Waals surface area contributed by atoms with E-state index in [2.05, 4.69) is 41.9 Å². The minimum atomic E-state index is 0. The highest BCUT2D eigenvalue weighted by Gasteiger charge is 2.12. The third-order valence-corrected chi connectivity index (χ3v) is 4.25. The van der Waals surface area contributed by atoms with Crippen LogP contribution in [0.1, 0.15) is 19.5 Å². The Hall–Kier alpha value is -1.78. The average Bonchev–Trinajstić information content (AvgIpc) is 2.62. The highest BCUT2D eigenvalue weighted by Crippen LogP contribution is 2.20. The first kappa shape index (κ1) is 20.3. The Bertz CT molecular complexity index is 559. The van der Waals surface area contributed by atoms with E-state index in [1.807, 2.05) is 30.5 Å². The first-order valence-electron chi connectivity index (χ1n) is 8.39. The molecule has 2 rings (SSSR count). The molecule has 0 unspecified atom stereocenters. The lowest BCUT2D eigenvalue weighted by Gasteiger charge is -2.26.